The summed E-state index contributed by atoms with van der Waals surface area (Å²) in [6, 6.07) is 3.58. The van der Waals surface area contributed by atoms with Crippen LogP contribution in [0.4, 0.5) is 5.82 Å². The monoisotopic (exact) mass is 334 g/mol. The third kappa shape index (κ3) is 5.19. The lowest BCUT2D eigenvalue weighted by Crippen LogP contribution is -2.49. The number of anilines is 1. The molecule has 0 spiro atoms. The van der Waals surface area contributed by atoms with Gasteiger partial charge in [0.15, 0.2) is 0 Å². The number of nitrogens with one attached hydrogen (secondary N) is 1. The van der Waals surface area contributed by atoms with Gasteiger partial charge in [0.05, 0.1) is 18.7 Å². The standard InChI is InChI=1S/C17H26N4O3/c1-3-7-18-16(22)13-20-8-10-21(11-9-20)15-6-5-14(12-19-15)17(23)24-4-2/h5-6,12H,3-4,7-11,13H2,1-2H3,(H,18,22). The maximum atomic E-state index is 11.8. The Morgan fingerprint density at radius 2 is 1.96 bits per heavy atom. The minimum atomic E-state index is -0.348. The molecule has 0 aliphatic carbocycles. The molecule has 1 aromatic heterocycles. The van der Waals surface area contributed by atoms with E-state index in [4.69, 9.17) is 4.74 Å². The van der Waals surface area contributed by atoms with E-state index in [1.54, 1.807) is 19.2 Å². The van der Waals surface area contributed by atoms with Crippen LogP contribution in [-0.2, 0) is 9.53 Å². The highest BCUT2D eigenvalue weighted by Gasteiger charge is 2.20. The summed E-state index contributed by atoms with van der Waals surface area (Å²) in [6.45, 7) is 8.62. The zero-order chi connectivity index (χ0) is 17.4. The van der Waals surface area contributed by atoms with E-state index in [0.29, 0.717) is 18.7 Å². The van der Waals surface area contributed by atoms with Gasteiger partial charge in [-0.3, -0.25) is 9.69 Å². The Morgan fingerprint density at radius 1 is 1.21 bits per heavy atom. The highest BCUT2D eigenvalue weighted by molar-refractivity contribution is 5.89. The number of hydrogen-bond donors (Lipinski definition) is 1. The number of nitrogens with zero attached hydrogens (tertiary/aromatic N) is 3. The summed E-state index contributed by atoms with van der Waals surface area (Å²) in [7, 11) is 0. The molecule has 0 atom stereocenters. The molecule has 1 amide bonds. The summed E-state index contributed by atoms with van der Waals surface area (Å²) in [5.41, 5.74) is 0.465. The van der Waals surface area contributed by atoms with Crippen LogP contribution in [0, 0.1) is 0 Å². The molecule has 7 nitrogen and oxygen atoms in total. The number of carbonyl (C=O) groups excluding carboxylic acids is 2. The number of aromatic nitrogens is 1. The van der Waals surface area contributed by atoms with Crippen LogP contribution in [0.15, 0.2) is 18.3 Å². The molecule has 0 aromatic carbocycles. The number of ether oxygens (including phenoxy) is 1. The van der Waals surface area contributed by atoms with Gasteiger partial charge < -0.3 is 15.0 Å². The highest BCUT2D eigenvalue weighted by Crippen LogP contribution is 2.14. The largest absolute Gasteiger partial charge is 0.462 e. The molecule has 1 fully saturated rings. The number of hydrogen-bond acceptors (Lipinski definition) is 6. The van der Waals surface area contributed by atoms with E-state index >= 15 is 0 Å². The lowest BCUT2D eigenvalue weighted by Gasteiger charge is -2.35. The lowest BCUT2D eigenvalue weighted by molar-refractivity contribution is -0.122. The Balaban J connectivity index is 1.81. The van der Waals surface area contributed by atoms with Crippen LogP contribution in [0.1, 0.15) is 30.6 Å². The molecule has 0 radical (unpaired) electrons. The van der Waals surface area contributed by atoms with Crippen LogP contribution in [0.2, 0.25) is 0 Å². The Hall–Kier alpha value is -2.15. The average molecular weight is 334 g/mol. The van der Waals surface area contributed by atoms with Crippen molar-refractivity contribution >= 4 is 17.7 Å². The number of esters is 1. The number of rotatable bonds is 7. The van der Waals surface area contributed by atoms with E-state index < -0.39 is 0 Å². The minimum Gasteiger partial charge on any atom is -0.462 e. The molecular formula is C17H26N4O3. The van der Waals surface area contributed by atoms with Crippen molar-refractivity contribution in [2.75, 3.05) is 50.8 Å². The van der Waals surface area contributed by atoms with Crippen molar-refractivity contribution in [3.05, 3.63) is 23.9 Å². The van der Waals surface area contributed by atoms with Gasteiger partial charge in [-0.1, -0.05) is 6.92 Å². The lowest BCUT2D eigenvalue weighted by atomic mass is 10.2. The molecule has 1 saturated heterocycles. The van der Waals surface area contributed by atoms with E-state index in [9.17, 15) is 9.59 Å². The van der Waals surface area contributed by atoms with Crippen molar-refractivity contribution in [2.45, 2.75) is 20.3 Å². The molecule has 2 rings (SSSR count). The SMILES string of the molecule is CCCNC(=O)CN1CCN(c2ccc(C(=O)OCC)cn2)CC1. The van der Waals surface area contributed by atoms with Gasteiger partial charge in [-0.25, -0.2) is 9.78 Å². The van der Waals surface area contributed by atoms with E-state index in [1.807, 2.05) is 13.0 Å². The molecule has 1 aliphatic rings. The fourth-order valence-electron chi connectivity index (χ4n) is 2.57. The molecule has 7 heteroatoms. The fraction of sp³-hybridized carbons (Fsp3) is 0.588. The smallest absolute Gasteiger partial charge is 0.339 e. The first-order valence-corrected chi connectivity index (χ1v) is 8.51. The van der Waals surface area contributed by atoms with Gasteiger partial charge in [0.2, 0.25) is 5.91 Å². The van der Waals surface area contributed by atoms with Crippen molar-refractivity contribution in [3.63, 3.8) is 0 Å². The van der Waals surface area contributed by atoms with Gasteiger partial charge >= 0.3 is 5.97 Å². The molecule has 1 N–H and O–H groups in total. The number of amides is 1. The molecule has 1 aliphatic heterocycles. The van der Waals surface area contributed by atoms with Gasteiger partial charge in [0, 0.05) is 38.9 Å². The second-order valence-electron chi connectivity index (χ2n) is 5.74. The molecule has 0 bridgehead atoms. The second-order valence-corrected chi connectivity index (χ2v) is 5.74. The number of carbonyl (C=O) groups is 2. The first-order chi connectivity index (χ1) is 11.6. The van der Waals surface area contributed by atoms with Crippen molar-refractivity contribution < 1.29 is 14.3 Å². The van der Waals surface area contributed by atoms with E-state index in [-0.39, 0.29) is 11.9 Å². The molecule has 0 saturated carbocycles. The maximum absolute atomic E-state index is 11.8. The van der Waals surface area contributed by atoms with Gasteiger partial charge in [0.1, 0.15) is 5.82 Å². The quantitative estimate of drug-likeness (QED) is 0.747. The van der Waals surface area contributed by atoms with Crippen LogP contribution in [0.25, 0.3) is 0 Å². The topological polar surface area (TPSA) is 74.8 Å². The van der Waals surface area contributed by atoms with Gasteiger partial charge in [-0.15, -0.1) is 0 Å². The van der Waals surface area contributed by atoms with Crippen LogP contribution < -0.4 is 10.2 Å². The summed E-state index contributed by atoms with van der Waals surface area (Å²) < 4.78 is 4.96. The second kappa shape index (κ2) is 9.22. The average Bonchev–Trinajstić information content (AvgIpc) is 2.61. The summed E-state index contributed by atoms with van der Waals surface area (Å²) in [6.07, 6.45) is 2.50. The van der Waals surface area contributed by atoms with E-state index in [0.717, 1.165) is 45.0 Å². The van der Waals surface area contributed by atoms with Gasteiger partial charge in [-0.05, 0) is 25.5 Å². The zero-order valence-electron chi connectivity index (χ0n) is 14.5. The predicted molar refractivity (Wildman–Crippen MR) is 92.1 cm³/mol. The summed E-state index contributed by atoms with van der Waals surface area (Å²) >= 11 is 0. The van der Waals surface area contributed by atoms with Gasteiger partial charge in [-0.2, -0.15) is 0 Å². The van der Waals surface area contributed by atoms with Crippen molar-refractivity contribution in [1.29, 1.82) is 0 Å². The molecule has 0 unspecified atom stereocenters. The summed E-state index contributed by atoms with van der Waals surface area (Å²) in [5.74, 6) is 0.583. The van der Waals surface area contributed by atoms with Crippen LogP contribution in [-0.4, -0.2) is 67.6 Å². The zero-order valence-corrected chi connectivity index (χ0v) is 14.5. The normalized spacial score (nSPS) is 15.2. The van der Waals surface area contributed by atoms with Crippen LogP contribution >= 0.6 is 0 Å². The highest BCUT2D eigenvalue weighted by atomic mass is 16.5. The molecule has 2 heterocycles. The minimum absolute atomic E-state index is 0.0854. The maximum Gasteiger partial charge on any atom is 0.339 e. The summed E-state index contributed by atoms with van der Waals surface area (Å²) in [4.78, 5) is 32.1. The van der Waals surface area contributed by atoms with Crippen LogP contribution in [0.5, 0.6) is 0 Å². The molecular weight excluding hydrogens is 308 g/mol. The van der Waals surface area contributed by atoms with E-state index in [1.165, 1.54) is 0 Å². The van der Waals surface area contributed by atoms with Crippen molar-refractivity contribution in [2.24, 2.45) is 0 Å². The first-order valence-electron chi connectivity index (χ1n) is 8.51. The first kappa shape index (κ1) is 18.2. The van der Waals surface area contributed by atoms with Crippen molar-refractivity contribution in [3.8, 4) is 0 Å². The van der Waals surface area contributed by atoms with Crippen LogP contribution in [0.3, 0.4) is 0 Å². The Bertz CT molecular complexity index is 539. The van der Waals surface area contributed by atoms with Crippen molar-refractivity contribution in [1.82, 2.24) is 15.2 Å². The summed E-state index contributed by atoms with van der Waals surface area (Å²) in [5, 5.41) is 2.90. The fourth-order valence-corrected chi connectivity index (χ4v) is 2.57. The Labute approximate surface area is 143 Å². The Morgan fingerprint density at radius 3 is 2.54 bits per heavy atom. The predicted octanol–water partition coefficient (Wildman–Crippen LogP) is 0.906. The molecule has 24 heavy (non-hydrogen) atoms. The Kier molecular flexibility index (Phi) is 6.99. The number of pyridine rings is 1. The third-order valence-electron chi connectivity index (χ3n) is 3.89. The third-order valence-corrected chi connectivity index (χ3v) is 3.89. The van der Waals surface area contributed by atoms with Gasteiger partial charge in [0.25, 0.3) is 0 Å². The number of piperazine rings is 1. The molecule has 132 valence electrons. The molecule has 1 aromatic rings. The van der Waals surface area contributed by atoms with E-state index in [2.05, 4.69) is 20.1 Å².